The first-order chi connectivity index (χ1) is 16.9. The van der Waals surface area contributed by atoms with Crippen molar-refractivity contribution in [3.05, 3.63) is 29.8 Å². The molecule has 8 heteroatoms. The van der Waals surface area contributed by atoms with Crippen molar-refractivity contribution in [1.29, 1.82) is 0 Å². The molecule has 2 aliphatic heterocycles. The second-order valence-electron chi connectivity index (χ2n) is 12.2. The molecule has 1 aromatic carbocycles. The molecule has 8 nitrogen and oxygen atoms in total. The van der Waals surface area contributed by atoms with E-state index in [2.05, 4.69) is 20.8 Å². The van der Waals surface area contributed by atoms with Crippen molar-refractivity contribution in [3.8, 4) is 5.75 Å². The van der Waals surface area contributed by atoms with E-state index in [9.17, 15) is 9.59 Å². The fourth-order valence-electron chi connectivity index (χ4n) is 8.82. The summed E-state index contributed by atoms with van der Waals surface area (Å²) >= 11 is 0. The van der Waals surface area contributed by atoms with Crippen LogP contribution in [0.2, 0.25) is 0 Å². The van der Waals surface area contributed by atoms with Crippen molar-refractivity contribution >= 4 is 11.9 Å². The molecule has 10 unspecified atom stereocenters. The van der Waals surface area contributed by atoms with Gasteiger partial charge in [-0.05, 0) is 50.5 Å². The van der Waals surface area contributed by atoms with Crippen LogP contribution in [-0.4, -0.2) is 62.0 Å². The third-order valence-corrected chi connectivity index (χ3v) is 10.2. The van der Waals surface area contributed by atoms with Crippen LogP contribution in [-0.2, 0) is 28.5 Å². The molecule has 36 heavy (non-hydrogen) atoms. The van der Waals surface area contributed by atoms with E-state index in [-0.39, 0.29) is 47.6 Å². The number of hydrogen-bond acceptors (Lipinski definition) is 8. The Hall–Kier alpha value is -2.16. The van der Waals surface area contributed by atoms with Crippen LogP contribution in [0.15, 0.2) is 24.3 Å². The van der Waals surface area contributed by atoms with Gasteiger partial charge >= 0.3 is 11.9 Å². The molecule has 0 amide bonds. The number of carbonyl (C=O) groups excluding carboxylic acids is 2. The van der Waals surface area contributed by atoms with Gasteiger partial charge in [0.2, 0.25) is 0 Å². The van der Waals surface area contributed by atoms with Gasteiger partial charge in [-0.1, -0.05) is 20.8 Å². The van der Waals surface area contributed by atoms with E-state index in [1.807, 2.05) is 13.8 Å². The maximum Gasteiger partial charge on any atom is 0.338 e. The zero-order chi connectivity index (χ0) is 25.8. The van der Waals surface area contributed by atoms with E-state index < -0.39 is 28.7 Å². The summed E-state index contributed by atoms with van der Waals surface area (Å²) < 4.78 is 37.5. The molecule has 10 atom stereocenters. The molecule has 1 aromatic rings. The lowest BCUT2D eigenvalue weighted by atomic mass is 9.36. The van der Waals surface area contributed by atoms with Gasteiger partial charge in [-0.25, -0.2) is 4.79 Å². The van der Waals surface area contributed by atoms with E-state index in [4.69, 9.17) is 28.4 Å². The monoisotopic (exact) mass is 500 g/mol. The molecule has 4 saturated carbocycles. The quantitative estimate of drug-likeness (QED) is 0.578. The Balaban J connectivity index is 1.49. The Morgan fingerprint density at radius 1 is 0.972 bits per heavy atom. The third-order valence-electron chi connectivity index (χ3n) is 10.2. The van der Waals surface area contributed by atoms with Crippen molar-refractivity contribution in [1.82, 2.24) is 0 Å². The summed E-state index contributed by atoms with van der Waals surface area (Å²) in [5.74, 6) is -0.912. The van der Waals surface area contributed by atoms with E-state index in [0.29, 0.717) is 24.3 Å². The van der Waals surface area contributed by atoms with Crippen molar-refractivity contribution in [2.75, 3.05) is 13.7 Å². The van der Waals surface area contributed by atoms with Gasteiger partial charge in [-0.3, -0.25) is 4.79 Å². The molecule has 4 bridgehead atoms. The van der Waals surface area contributed by atoms with Crippen molar-refractivity contribution in [3.63, 3.8) is 0 Å². The second kappa shape index (κ2) is 7.45. The smallest absolute Gasteiger partial charge is 0.338 e. The summed E-state index contributed by atoms with van der Waals surface area (Å²) in [6.45, 7) is 12.4. The Morgan fingerprint density at radius 3 is 2.28 bits per heavy atom. The Labute approximate surface area is 211 Å². The normalized spacial score (nSPS) is 47.2. The third kappa shape index (κ3) is 2.76. The standard InChI is InChI=1S/C28H36O8/c1-14-12-18(33-15(2)29)19-26(5)13-32-20-22(34-24(30)16-8-10-17(31-7)11-9-16)28(14,19)23-21(27(20,26)6)35-25(3,4)36-23/h8-11,14,18-23H,12-13H2,1-7H3. The van der Waals surface area contributed by atoms with E-state index in [1.54, 1.807) is 31.4 Å². The minimum atomic E-state index is -0.789. The number of ether oxygens (including phenoxy) is 6. The predicted molar refractivity (Wildman–Crippen MR) is 127 cm³/mol. The lowest BCUT2D eigenvalue weighted by Crippen LogP contribution is -2.80. The molecule has 6 fully saturated rings. The summed E-state index contributed by atoms with van der Waals surface area (Å²) in [7, 11) is 1.59. The molecule has 4 aliphatic carbocycles. The van der Waals surface area contributed by atoms with Crippen LogP contribution in [0.1, 0.15) is 58.3 Å². The lowest BCUT2D eigenvalue weighted by molar-refractivity contribution is -0.300. The topological polar surface area (TPSA) is 89.5 Å². The zero-order valence-corrected chi connectivity index (χ0v) is 22.0. The van der Waals surface area contributed by atoms with Crippen molar-refractivity contribution in [2.24, 2.45) is 28.1 Å². The summed E-state index contributed by atoms with van der Waals surface area (Å²) in [5, 5.41) is 0. The first-order valence-corrected chi connectivity index (χ1v) is 12.9. The second-order valence-corrected chi connectivity index (χ2v) is 12.2. The number of esters is 2. The molecule has 2 saturated heterocycles. The van der Waals surface area contributed by atoms with Gasteiger partial charge in [-0.15, -0.1) is 0 Å². The molecule has 2 heterocycles. The average molecular weight is 501 g/mol. The number of methoxy groups -OCH3 is 1. The first-order valence-electron chi connectivity index (χ1n) is 12.9. The fourth-order valence-corrected chi connectivity index (χ4v) is 8.82. The van der Waals surface area contributed by atoms with Crippen LogP contribution in [0.3, 0.4) is 0 Å². The fraction of sp³-hybridized carbons (Fsp3) is 0.714. The van der Waals surface area contributed by atoms with Crippen LogP contribution in [0.4, 0.5) is 0 Å². The van der Waals surface area contributed by atoms with Crippen LogP contribution < -0.4 is 4.74 Å². The molecule has 0 N–H and O–H groups in total. The maximum atomic E-state index is 13.5. The van der Waals surface area contributed by atoms with E-state index in [1.165, 1.54) is 6.92 Å². The van der Waals surface area contributed by atoms with Gasteiger partial charge in [0.05, 0.1) is 31.5 Å². The SMILES string of the molecule is COc1ccc(C(=O)OC2C3OCC4(C)C5C(OC(C)=O)CC(C)C25C2OC(C)(C)OC2C34C)cc1. The predicted octanol–water partition coefficient (Wildman–Crippen LogP) is 3.75. The maximum absolute atomic E-state index is 13.5. The van der Waals surface area contributed by atoms with Gasteiger partial charge in [0.1, 0.15) is 24.1 Å². The number of carbonyl (C=O) groups is 2. The van der Waals surface area contributed by atoms with Gasteiger partial charge in [0.15, 0.2) is 5.79 Å². The Bertz CT molecular complexity index is 1100. The summed E-state index contributed by atoms with van der Waals surface area (Å²) in [6, 6.07) is 6.91. The van der Waals surface area contributed by atoms with Crippen LogP contribution in [0.25, 0.3) is 0 Å². The summed E-state index contributed by atoms with van der Waals surface area (Å²) in [4.78, 5) is 25.7. The zero-order valence-electron chi connectivity index (χ0n) is 22.0. The first kappa shape index (κ1) is 24.2. The molecular weight excluding hydrogens is 464 g/mol. The number of hydrogen-bond donors (Lipinski definition) is 0. The van der Waals surface area contributed by atoms with Crippen LogP contribution >= 0.6 is 0 Å². The van der Waals surface area contributed by atoms with Crippen LogP contribution in [0, 0.1) is 28.1 Å². The largest absolute Gasteiger partial charge is 0.497 e. The molecular formula is C28H36O8. The number of benzene rings is 1. The van der Waals surface area contributed by atoms with Gasteiger partial charge in [0, 0.05) is 29.1 Å². The highest BCUT2D eigenvalue weighted by Gasteiger charge is 2.89. The lowest BCUT2D eigenvalue weighted by Gasteiger charge is -2.69. The van der Waals surface area contributed by atoms with Gasteiger partial charge in [-0.2, -0.15) is 0 Å². The molecule has 0 radical (unpaired) electrons. The highest BCUT2D eigenvalue weighted by Crippen LogP contribution is 2.80. The van der Waals surface area contributed by atoms with Gasteiger partial charge < -0.3 is 28.4 Å². The van der Waals surface area contributed by atoms with Gasteiger partial charge in [0.25, 0.3) is 0 Å². The highest BCUT2D eigenvalue weighted by molar-refractivity contribution is 5.89. The van der Waals surface area contributed by atoms with E-state index >= 15 is 0 Å². The van der Waals surface area contributed by atoms with Crippen LogP contribution in [0.5, 0.6) is 5.75 Å². The average Bonchev–Trinajstić information content (AvgIpc) is 3.37. The van der Waals surface area contributed by atoms with Crippen molar-refractivity contribution in [2.45, 2.75) is 84.3 Å². The summed E-state index contributed by atoms with van der Waals surface area (Å²) in [5.41, 5.74) is -1.05. The number of rotatable bonds is 4. The Kier molecular flexibility index (Phi) is 5.01. The molecule has 1 spiro atoms. The summed E-state index contributed by atoms with van der Waals surface area (Å²) in [6.07, 6.45) is -1.13. The minimum Gasteiger partial charge on any atom is -0.497 e. The van der Waals surface area contributed by atoms with Crippen molar-refractivity contribution < 1.29 is 38.0 Å². The minimum absolute atomic E-state index is 0.0406. The highest BCUT2D eigenvalue weighted by atomic mass is 16.8. The Morgan fingerprint density at radius 2 is 1.64 bits per heavy atom. The molecule has 6 aliphatic rings. The molecule has 0 aromatic heterocycles. The molecule has 7 rings (SSSR count). The molecule has 196 valence electrons. The van der Waals surface area contributed by atoms with E-state index in [0.717, 1.165) is 0 Å².